The molecule has 0 amide bonds. The molecule has 3 unspecified atom stereocenters. The Morgan fingerprint density at radius 2 is 2.06 bits per heavy atom. The number of carbonyl (C=O) groups excluding carboxylic acids is 1. The number of ether oxygens (including phenoxy) is 1. The molecule has 0 N–H and O–H groups in total. The largest absolute Gasteiger partial charge is 0.426 e. The van der Waals surface area contributed by atoms with Gasteiger partial charge in [0.15, 0.2) is 0 Å². The lowest BCUT2D eigenvalue weighted by atomic mass is 9.95. The third-order valence-corrected chi connectivity index (χ3v) is 4.49. The fourth-order valence-corrected chi connectivity index (χ4v) is 3.68. The van der Waals surface area contributed by atoms with E-state index in [9.17, 15) is 4.79 Å². The van der Waals surface area contributed by atoms with Crippen molar-refractivity contribution < 1.29 is 9.53 Å². The van der Waals surface area contributed by atoms with Gasteiger partial charge in [-0.15, -0.1) is 11.8 Å². The van der Waals surface area contributed by atoms with Crippen molar-refractivity contribution in [1.29, 1.82) is 0 Å². The number of carbonyl (C=O) groups is 1. The van der Waals surface area contributed by atoms with Crippen LogP contribution < -0.4 is 4.74 Å². The van der Waals surface area contributed by atoms with Gasteiger partial charge in [-0.3, -0.25) is 4.79 Å². The van der Waals surface area contributed by atoms with Crippen molar-refractivity contribution in [2.24, 2.45) is 5.92 Å². The topological polar surface area (TPSA) is 26.3 Å². The van der Waals surface area contributed by atoms with E-state index in [-0.39, 0.29) is 11.9 Å². The molecule has 0 aliphatic carbocycles. The average molecular weight is 232 g/mol. The van der Waals surface area contributed by atoms with Crippen LogP contribution in [0.3, 0.4) is 0 Å². The second-order valence-electron chi connectivity index (χ2n) is 4.10. The minimum atomic E-state index is -0.0875. The highest BCUT2D eigenvalue weighted by atomic mass is 32.2. The number of esters is 1. The van der Waals surface area contributed by atoms with E-state index in [0.717, 1.165) is 6.42 Å². The number of hydrogen-bond donors (Lipinski definition) is 0. The lowest BCUT2D eigenvalue weighted by Crippen LogP contribution is -2.26. The molecule has 2 aliphatic rings. The summed E-state index contributed by atoms with van der Waals surface area (Å²) in [4.78, 5) is 11.9. The number of thioether (sulfide) groups is 1. The van der Waals surface area contributed by atoms with Crippen LogP contribution in [0.25, 0.3) is 0 Å². The van der Waals surface area contributed by atoms with E-state index in [1.165, 1.54) is 0 Å². The van der Waals surface area contributed by atoms with Crippen LogP contribution in [0.5, 0.6) is 5.75 Å². The number of rotatable bonds is 2. The number of para-hydroxylation sites is 1. The maximum absolute atomic E-state index is 11.9. The monoisotopic (exact) mass is 232 g/mol. The van der Waals surface area contributed by atoms with Crippen molar-refractivity contribution in [2.75, 3.05) is 0 Å². The second kappa shape index (κ2) is 3.98. The van der Waals surface area contributed by atoms with Gasteiger partial charge < -0.3 is 4.74 Å². The smallest absolute Gasteiger partial charge is 0.315 e. The zero-order valence-corrected chi connectivity index (χ0v) is 9.52. The van der Waals surface area contributed by atoms with Gasteiger partial charge in [0.05, 0.1) is 5.92 Å². The van der Waals surface area contributed by atoms with E-state index in [1.807, 2.05) is 42.1 Å². The van der Waals surface area contributed by atoms with Crippen molar-refractivity contribution in [3.63, 3.8) is 0 Å². The molecule has 1 aromatic carbocycles. The Morgan fingerprint density at radius 3 is 2.69 bits per heavy atom. The second-order valence-corrected chi connectivity index (χ2v) is 5.52. The van der Waals surface area contributed by atoms with E-state index in [0.29, 0.717) is 16.2 Å². The molecule has 16 heavy (non-hydrogen) atoms. The molecule has 0 aromatic heterocycles. The van der Waals surface area contributed by atoms with E-state index >= 15 is 0 Å². The molecule has 3 atom stereocenters. The molecule has 2 aliphatic heterocycles. The molecule has 2 bridgehead atoms. The molecule has 1 aromatic rings. The summed E-state index contributed by atoms with van der Waals surface area (Å²) in [6.07, 6.45) is 5.26. The molecule has 0 radical (unpaired) electrons. The van der Waals surface area contributed by atoms with Gasteiger partial charge in [-0.1, -0.05) is 30.4 Å². The van der Waals surface area contributed by atoms with Gasteiger partial charge in [0, 0.05) is 10.5 Å². The Labute approximate surface area is 98.7 Å². The first-order valence-corrected chi connectivity index (χ1v) is 6.38. The summed E-state index contributed by atoms with van der Waals surface area (Å²) in [5.41, 5.74) is 0. The van der Waals surface area contributed by atoms with Gasteiger partial charge in [-0.2, -0.15) is 0 Å². The predicted octanol–water partition coefficient (Wildman–Crippen LogP) is 2.65. The molecule has 2 nitrogen and oxygen atoms in total. The molecular formula is C13H12O2S. The Bertz CT molecular complexity index is 427. The molecule has 3 heteroatoms. The molecular weight excluding hydrogens is 220 g/mol. The zero-order chi connectivity index (χ0) is 11.0. The highest BCUT2D eigenvalue weighted by Crippen LogP contribution is 2.45. The van der Waals surface area contributed by atoms with E-state index in [1.54, 1.807) is 0 Å². The van der Waals surface area contributed by atoms with Gasteiger partial charge in [0.1, 0.15) is 5.75 Å². The summed E-state index contributed by atoms with van der Waals surface area (Å²) >= 11 is 1.87. The minimum Gasteiger partial charge on any atom is -0.426 e. The Kier molecular flexibility index (Phi) is 2.48. The number of hydrogen-bond acceptors (Lipinski definition) is 3. The van der Waals surface area contributed by atoms with Crippen LogP contribution >= 0.6 is 11.8 Å². The summed E-state index contributed by atoms with van der Waals surface area (Å²) in [7, 11) is 0. The van der Waals surface area contributed by atoms with Crippen LogP contribution in [0.15, 0.2) is 42.5 Å². The Balaban J connectivity index is 1.69. The van der Waals surface area contributed by atoms with Crippen LogP contribution in [-0.4, -0.2) is 16.5 Å². The SMILES string of the molecule is O=C(Oc1ccccc1)C1CC2C=CC1S2. The molecule has 1 fully saturated rings. The first-order valence-electron chi connectivity index (χ1n) is 5.43. The molecule has 0 saturated carbocycles. The first-order chi connectivity index (χ1) is 7.83. The normalized spacial score (nSPS) is 30.6. The Hall–Kier alpha value is -1.22. The van der Waals surface area contributed by atoms with Gasteiger partial charge >= 0.3 is 5.97 Å². The summed E-state index contributed by atoms with van der Waals surface area (Å²) in [5, 5.41) is 0.861. The van der Waals surface area contributed by atoms with Crippen molar-refractivity contribution in [2.45, 2.75) is 16.9 Å². The van der Waals surface area contributed by atoms with Crippen LogP contribution in [-0.2, 0) is 4.79 Å². The lowest BCUT2D eigenvalue weighted by Gasteiger charge is -2.15. The lowest BCUT2D eigenvalue weighted by molar-refractivity contribution is -0.138. The van der Waals surface area contributed by atoms with Crippen LogP contribution in [0, 0.1) is 5.92 Å². The number of fused-ring (bicyclic) bond motifs is 2. The van der Waals surface area contributed by atoms with E-state index in [4.69, 9.17) is 4.74 Å². The van der Waals surface area contributed by atoms with Gasteiger partial charge in [-0.05, 0) is 18.6 Å². The van der Waals surface area contributed by atoms with Gasteiger partial charge in [0.2, 0.25) is 0 Å². The first kappa shape index (κ1) is 9.97. The Morgan fingerprint density at radius 1 is 1.25 bits per heavy atom. The highest BCUT2D eigenvalue weighted by molar-refractivity contribution is 8.01. The highest BCUT2D eigenvalue weighted by Gasteiger charge is 2.41. The van der Waals surface area contributed by atoms with E-state index < -0.39 is 0 Å². The fourth-order valence-electron chi connectivity index (χ4n) is 2.18. The third-order valence-electron chi connectivity index (χ3n) is 2.99. The maximum Gasteiger partial charge on any atom is 0.315 e. The van der Waals surface area contributed by atoms with Gasteiger partial charge in [-0.25, -0.2) is 0 Å². The molecule has 3 rings (SSSR count). The average Bonchev–Trinajstić information content (AvgIpc) is 2.92. The van der Waals surface area contributed by atoms with Crippen molar-refractivity contribution in [1.82, 2.24) is 0 Å². The summed E-state index contributed by atoms with van der Waals surface area (Å²) in [6.45, 7) is 0. The van der Waals surface area contributed by atoms with E-state index in [2.05, 4.69) is 12.2 Å². The van der Waals surface area contributed by atoms with Crippen LogP contribution in [0.1, 0.15) is 6.42 Å². The fraction of sp³-hybridized carbons (Fsp3) is 0.308. The van der Waals surface area contributed by atoms with Crippen molar-refractivity contribution >= 4 is 17.7 Å². The van der Waals surface area contributed by atoms with Crippen molar-refractivity contribution in [3.8, 4) is 5.75 Å². The molecule has 0 spiro atoms. The quantitative estimate of drug-likeness (QED) is 0.445. The van der Waals surface area contributed by atoms with Crippen LogP contribution in [0.4, 0.5) is 0 Å². The van der Waals surface area contributed by atoms with Crippen LogP contribution in [0.2, 0.25) is 0 Å². The zero-order valence-electron chi connectivity index (χ0n) is 8.71. The molecule has 2 heterocycles. The number of benzene rings is 1. The molecule has 1 saturated heterocycles. The standard InChI is InChI=1S/C13H12O2S/c14-13(15-9-4-2-1-3-5-9)11-8-10-6-7-12(11)16-10/h1-7,10-12H,8H2. The van der Waals surface area contributed by atoms with Crippen molar-refractivity contribution in [3.05, 3.63) is 42.5 Å². The third kappa shape index (κ3) is 1.76. The summed E-state index contributed by atoms with van der Waals surface area (Å²) < 4.78 is 5.36. The maximum atomic E-state index is 11.9. The molecule has 82 valence electrons. The predicted molar refractivity (Wildman–Crippen MR) is 64.5 cm³/mol. The van der Waals surface area contributed by atoms with Gasteiger partial charge in [0.25, 0.3) is 0 Å². The summed E-state index contributed by atoms with van der Waals surface area (Å²) in [6, 6.07) is 9.28. The minimum absolute atomic E-state index is 0.0419. The summed E-state index contributed by atoms with van der Waals surface area (Å²) in [5.74, 6) is 0.597.